The van der Waals surface area contributed by atoms with Gasteiger partial charge in [0.05, 0.1) is 0 Å². The van der Waals surface area contributed by atoms with Gasteiger partial charge < -0.3 is 10.2 Å². The minimum Gasteiger partial charge on any atom is -0.352 e. The highest BCUT2D eigenvalue weighted by molar-refractivity contribution is 5.80. The second-order valence-corrected chi connectivity index (χ2v) is 7.22. The number of rotatable bonds is 6. The van der Waals surface area contributed by atoms with Gasteiger partial charge in [-0.25, -0.2) is 0 Å². The zero-order valence-corrected chi connectivity index (χ0v) is 15.9. The minimum absolute atomic E-state index is 0.0113. The number of piperidine rings is 1. The van der Waals surface area contributed by atoms with Crippen LogP contribution in [0.25, 0.3) is 0 Å². The minimum atomic E-state index is -0.0113. The van der Waals surface area contributed by atoms with Crippen LogP contribution in [0, 0.1) is 12.8 Å². The van der Waals surface area contributed by atoms with E-state index in [1.165, 1.54) is 11.1 Å². The van der Waals surface area contributed by atoms with Crippen molar-refractivity contribution in [1.82, 2.24) is 15.2 Å². The SMILES string of the molecule is Cc1ccc(CCC(=O)N2CCC(C(=O)NCc3cccnc3)CC2)cc1. The number of carbonyl (C=O) groups excluding carboxylic acids is 2. The molecule has 0 radical (unpaired) electrons. The molecule has 0 saturated carbocycles. The van der Waals surface area contributed by atoms with Crippen LogP contribution in [0.4, 0.5) is 0 Å². The standard InChI is InChI=1S/C22H27N3O2/c1-17-4-6-18(7-5-17)8-9-21(26)25-13-10-20(11-14-25)22(27)24-16-19-3-2-12-23-15-19/h2-7,12,15,20H,8-11,13-14,16H2,1H3,(H,24,27). The Morgan fingerprint density at radius 1 is 1.11 bits per heavy atom. The van der Waals surface area contributed by atoms with Crippen molar-refractivity contribution in [2.75, 3.05) is 13.1 Å². The molecule has 1 aliphatic rings. The molecule has 1 aromatic carbocycles. The van der Waals surface area contributed by atoms with Crippen LogP contribution in [0.5, 0.6) is 0 Å². The van der Waals surface area contributed by atoms with Gasteiger partial charge in [-0.15, -0.1) is 0 Å². The number of pyridine rings is 1. The Hall–Kier alpha value is -2.69. The van der Waals surface area contributed by atoms with Gasteiger partial charge in [0.1, 0.15) is 0 Å². The Labute approximate surface area is 160 Å². The molecule has 5 nitrogen and oxygen atoms in total. The molecule has 1 N–H and O–H groups in total. The molecule has 1 fully saturated rings. The third kappa shape index (κ3) is 5.64. The second-order valence-electron chi connectivity index (χ2n) is 7.22. The van der Waals surface area contributed by atoms with Crippen molar-refractivity contribution in [3.63, 3.8) is 0 Å². The van der Waals surface area contributed by atoms with Crippen LogP contribution in [-0.2, 0) is 22.6 Å². The maximum atomic E-state index is 12.4. The number of aromatic nitrogens is 1. The first-order valence-electron chi connectivity index (χ1n) is 9.62. The predicted octanol–water partition coefficient (Wildman–Crippen LogP) is 2.88. The Bertz CT molecular complexity index is 751. The fraction of sp³-hybridized carbons (Fsp3) is 0.409. The molecule has 0 unspecified atom stereocenters. The summed E-state index contributed by atoms with van der Waals surface area (Å²) in [4.78, 5) is 30.7. The van der Waals surface area contributed by atoms with Gasteiger partial charge in [0.25, 0.3) is 0 Å². The first-order chi connectivity index (χ1) is 13.1. The van der Waals surface area contributed by atoms with Crippen LogP contribution in [0.3, 0.4) is 0 Å². The first-order valence-corrected chi connectivity index (χ1v) is 9.62. The van der Waals surface area contributed by atoms with Gasteiger partial charge in [-0.3, -0.25) is 14.6 Å². The molecule has 5 heteroatoms. The zero-order chi connectivity index (χ0) is 19.1. The molecule has 2 heterocycles. The summed E-state index contributed by atoms with van der Waals surface area (Å²) >= 11 is 0. The number of amides is 2. The quantitative estimate of drug-likeness (QED) is 0.856. The lowest BCUT2D eigenvalue weighted by Crippen LogP contribution is -2.43. The van der Waals surface area contributed by atoms with Gasteiger partial charge in [-0.2, -0.15) is 0 Å². The molecular formula is C22H27N3O2. The number of nitrogens with one attached hydrogen (secondary N) is 1. The second kappa shape index (κ2) is 9.31. The number of benzene rings is 1. The summed E-state index contributed by atoms with van der Waals surface area (Å²) < 4.78 is 0. The third-order valence-corrected chi connectivity index (χ3v) is 5.16. The van der Waals surface area contributed by atoms with E-state index < -0.39 is 0 Å². The number of hydrogen-bond donors (Lipinski definition) is 1. The van der Waals surface area contributed by atoms with Crippen LogP contribution < -0.4 is 5.32 Å². The summed E-state index contributed by atoms with van der Waals surface area (Å²) in [5.41, 5.74) is 3.42. The summed E-state index contributed by atoms with van der Waals surface area (Å²) in [6.45, 7) is 3.89. The number of likely N-dealkylation sites (tertiary alicyclic amines) is 1. The molecule has 2 aromatic rings. The van der Waals surface area contributed by atoms with Crippen LogP contribution in [0.1, 0.15) is 36.0 Å². The average molecular weight is 365 g/mol. The highest BCUT2D eigenvalue weighted by atomic mass is 16.2. The molecule has 0 aliphatic carbocycles. The Balaban J connectivity index is 1.39. The fourth-order valence-corrected chi connectivity index (χ4v) is 3.39. The van der Waals surface area contributed by atoms with Gasteiger partial charge in [-0.05, 0) is 43.4 Å². The molecule has 0 spiro atoms. The third-order valence-electron chi connectivity index (χ3n) is 5.16. The summed E-state index contributed by atoms with van der Waals surface area (Å²) in [6.07, 6.45) is 6.24. The molecule has 27 heavy (non-hydrogen) atoms. The van der Waals surface area contributed by atoms with Crippen LogP contribution in [-0.4, -0.2) is 34.8 Å². The lowest BCUT2D eigenvalue weighted by molar-refractivity contribution is -0.135. The Morgan fingerprint density at radius 3 is 2.52 bits per heavy atom. The summed E-state index contributed by atoms with van der Waals surface area (Å²) in [5.74, 6) is 0.248. The van der Waals surface area contributed by atoms with Gasteiger partial charge in [-0.1, -0.05) is 35.9 Å². The summed E-state index contributed by atoms with van der Waals surface area (Å²) in [6, 6.07) is 12.1. The molecule has 1 aromatic heterocycles. The van der Waals surface area contributed by atoms with Crippen molar-refractivity contribution in [1.29, 1.82) is 0 Å². The number of hydrogen-bond acceptors (Lipinski definition) is 3. The van der Waals surface area contributed by atoms with E-state index in [1.807, 2.05) is 17.0 Å². The van der Waals surface area contributed by atoms with Gasteiger partial charge in [0.2, 0.25) is 11.8 Å². The zero-order valence-electron chi connectivity index (χ0n) is 15.9. The first kappa shape index (κ1) is 19.1. The van der Waals surface area contributed by atoms with E-state index in [4.69, 9.17) is 0 Å². The monoisotopic (exact) mass is 365 g/mol. The van der Waals surface area contributed by atoms with E-state index in [0.717, 1.165) is 24.8 Å². The fourth-order valence-electron chi connectivity index (χ4n) is 3.39. The largest absolute Gasteiger partial charge is 0.352 e. The van der Waals surface area contributed by atoms with E-state index in [9.17, 15) is 9.59 Å². The molecule has 0 atom stereocenters. The van der Waals surface area contributed by atoms with E-state index in [2.05, 4.69) is 41.5 Å². The van der Waals surface area contributed by atoms with E-state index in [1.54, 1.807) is 12.4 Å². The van der Waals surface area contributed by atoms with Crippen molar-refractivity contribution < 1.29 is 9.59 Å². The van der Waals surface area contributed by atoms with Gasteiger partial charge >= 0.3 is 0 Å². The highest BCUT2D eigenvalue weighted by Crippen LogP contribution is 2.19. The topological polar surface area (TPSA) is 62.3 Å². The van der Waals surface area contributed by atoms with E-state index >= 15 is 0 Å². The molecule has 1 aliphatic heterocycles. The predicted molar refractivity (Wildman–Crippen MR) is 105 cm³/mol. The molecule has 3 rings (SSSR count). The number of carbonyl (C=O) groups is 2. The molecular weight excluding hydrogens is 338 g/mol. The Morgan fingerprint density at radius 2 is 1.85 bits per heavy atom. The van der Waals surface area contributed by atoms with Crippen molar-refractivity contribution in [3.05, 3.63) is 65.5 Å². The summed E-state index contributed by atoms with van der Waals surface area (Å²) in [5, 5.41) is 2.98. The van der Waals surface area contributed by atoms with Crippen molar-refractivity contribution in [3.8, 4) is 0 Å². The van der Waals surface area contributed by atoms with Crippen molar-refractivity contribution >= 4 is 11.8 Å². The maximum absolute atomic E-state index is 12.4. The summed E-state index contributed by atoms with van der Waals surface area (Å²) in [7, 11) is 0. The lowest BCUT2D eigenvalue weighted by atomic mass is 9.95. The van der Waals surface area contributed by atoms with Crippen molar-refractivity contribution in [2.24, 2.45) is 5.92 Å². The average Bonchev–Trinajstić information content (AvgIpc) is 2.72. The molecule has 1 saturated heterocycles. The van der Waals surface area contributed by atoms with Crippen LogP contribution in [0.2, 0.25) is 0 Å². The molecule has 142 valence electrons. The van der Waals surface area contributed by atoms with Crippen LogP contribution in [0.15, 0.2) is 48.8 Å². The molecule has 2 amide bonds. The normalized spacial score (nSPS) is 14.8. The highest BCUT2D eigenvalue weighted by Gasteiger charge is 2.26. The van der Waals surface area contributed by atoms with Crippen LogP contribution >= 0.6 is 0 Å². The lowest BCUT2D eigenvalue weighted by Gasteiger charge is -2.31. The van der Waals surface area contributed by atoms with Gasteiger partial charge in [0.15, 0.2) is 0 Å². The van der Waals surface area contributed by atoms with Gasteiger partial charge in [0, 0.05) is 44.4 Å². The van der Waals surface area contributed by atoms with E-state index in [-0.39, 0.29) is 17.7 Å². The maximum Gasteiger partial charge on any atom is 0.223 e. The Kier molecular flexibility index (Phi) is 6.58. The smallest absolute Gasteiger partial charge is 0.223 e. The van der Waals surface area contributed by atoms with E-state index in [0.29, 0.717) is 26.1 Å². The number of aryl methyl sites for hydroxylation is 2. The van der Waals surface area contributed by atoms with Crippen molar-refractivity contribution in [2.45, 2.75) is 39.2 Å². The molecule has 0 bridgehead atoms. The number of nitrogens with zero attached hydrogens (tertiary/aromatic N) is 2.